The lowest BCUT2D eigenvalue weighted by molar-refractivity contribution is -0.125. The van der Waals surface area contributed by atoms with Gasteiger partial charge in [0.2, 0.25) is 5.91 Å². The van der Waals surface area contributed by atoms with E-state index in [-0.39, 0.29) is 17.9 Å². The van der Waals surface area contributed by atoms with E-state index in [4.69, 9.17) is 14.5 Å². The van der Waals surface area contributed by atoms with Gasteiger partial charge in [-0.15, -0.1) is 11.3 Å². The Kier molecular flexibility index (Phi) is 4.53. The van der Waals surface area contributed by atoms with Gasteiger partial charge in [-0.1, -0.05) is 18.2 Å². The highest BCUT2D eigenvalue weighted by atomic mass is 32.1. The summed E-state index contributed by atoms with van der Waals surface area (Å²) >= 11 is 1.69. The number of hydrogen-bond acceptors (Lipinski definition) is 5. The van der Waals surface area contributed by atoms with Crippen LogP contribution in [0.4, 0.5) is 0 Å². The van der Waals surface area contributed by atoms with Crippen molar-refractivity contribution in [2.45, 2.75) is 25.9 Å². The van der Waals surface area contributed by atoms with Gasteiger partial charge >= 0.3 is 0 Å². The molecule has 6 heteroatoms. The third kappa shape index (κ3) is 3.27. The van der Waals surface area contributed by atoms with Crippen molar-refractivity contribution in [3.8, 4) is 16.3 Å². The van der Waals surface area contributed by atoms with E-state index < -0.39 is 0 Å². The van der Waals surface area contributed by atoms with Gasteiger partial charge in [-0.3, -0.25) is 4.79 Å². The average Bonchev–Trinajstić information content (AvgIpc) is 3.43. The molecular formula is C22H22N2O3S. The number of benzene rings is 2. The van der Waals surface area contributed by atoms with E-state index in [1.54, 1.807) is 11.3 Å². The summed E-state index contributed by atoms with van der Waals surface area (Å²) in [4.78, 5) is 17.1. The first kappa shape index (κ1) is 17.6. The van der Waals surface area contributed by atoms with Crippen molar-refractivity contribution >= 4 is 27.5 Å². The molecule has 0 radical (unpaired) electrons. The first-order valence-corrected chi connectivity index (χ1v) is 10.5. The molecule has 1 amide bonds. The molecule has 2 aromatic carbocycles. The number of fused-ring (bicyclic) bond motifs is 2. The van der Waals surface area contributed by atoms with Crippen LogP contribution in [0.2, 0.25) is 0 Å². The van der Waals surface area contributed by atoms with Crippen molar-refractivity contribution in [1.29, 1.82) is 0 Å². The quantitative estimate of drug-likeness (QED) is 0.733. The normalized spacial score (nSPS) is 20.9. The zero-order valence-corrected chi connectivity index (χ0v) is 16.6. The smallest absolute Gasteiger partial charge is 0.225 e. The monoisotopic (exact) mass is 394 g/mol. The lowest BCUT2D eigenvalue weighted by Gasteiger charge is -2.14. The number of thiazole rings is 1. The van der Waals surface area contributed by atoms with Crippen molar-refractivity contribution < 1.29 is 14.3 Å². The van der Waals surface area contributed by atoms with E-state index in [2.05, 4.69) is 30.4 Å². The molecular weight excluding hydrogens is 372 g/mol. The second-order valence-electron chi connectivity index (χ2n) is 7.54. The number of para-hydroxylation sites is 1. The topological polar surface area (TPSA) is 60.5 Å². The maximum atomic E-state index is 12.3. The molecule has 1 N–H and O–H groups in total. The minimum atomic E-state index is -0.0452. The van der Waals surface area contributed by atoms with Crippen molar-refractivity contribution in [2.75, 3.05) is 19.8 Å². The molecule has 3 aromatic rings. The van der Waals surface area contributed by atoms with Gasteiger partial charge in [-0.2, -0.15) is 0 Å². The van der Waals surface area contributed by atoms with Crippen molar-refractivity contribution in [3.05, 3.63) is 47.5 Å². The zero-order chi connectivity index (χ0) is 19.1. The van der Waals surface area contributed by atoms with Gasteiger partial charge in [0.15, 0.2) is 0 Å². The molecule has 0 spiro atoms. The van der Waals surface area contributed by atoms with Gasteiger partial charge in [-0.05, 0) is 42.7 Å². The summed E-state index contributed by atoms with van der Waals surface area (Å²) in [6.45, 7) is 3.82. The fraction of sp³-hybridized carbons (Fsp3) is 0.364. The Hall–Kier alpha value is -2.44. The van der Waals surface area contributed by atoms with Crippen molar-refractivity contribution in [3.63, 3.8) is 0 Å². The predicted molar refractivity (Wildman–Crippen MR) is 110 cm³/mol. The standard InChI is InChI=1S/C22H22N2O3S/c1-13-8-15-10-16(11-23-21(25)14-6-7-26-12-14)27-20(15)17(9-13)22-24-18-4-2-3-5-19(18)28-22/h2-5,8-9,14,16H,6-7,10-12H2,1H3,(H,23,25). The van der Waals surface area contributed by atoms with Crippen LogP contribution in [0.3, 0.4) is 0 Å². The number of carbonyl (C=O) groups excluding carboxylic acids is 1. The zero-order valence-electron chi connectivity index (χ0n) is 15.7. The molecule has 2 unspecified atom stereocenters. The molecule has 0 bridgehead atoms. The Morgan fingerprint density at radius 3 is 3.04 bits per heavy atom. The van der Waals surface area contributed by atoms with Gasteiger partial charge in [0, 0.05) is 13.0 Å². The van der Waals surface area contributed by atoms with Crippen LogP contribution in [-0.4, -0.2) is 36.8 Å². The Morgan fingerprint density at radius 1 is 1.32 bits per heavy atom. The van der Waals surface area contributed by atoms with Crippen LogP contribution in [0.15, 0.2) is 36.4 Å². The Bertz CT molecular complexity index is 1010. The number of ether oxygens (including phenoxy) is 2. The molecule has 2 atom stereocenters. The molecule has 144 valence electrons. The molecule has 5 nitrogen and oxygen atoms in total. The number of nitrogens with one attached hydrogen (secondary N) is 1. The third-order valence-electron chi connectivity index (χ3n) is 5.37. The van der Waals surface area contributed by atoms with E-state index in [1.165, 1.54) is 15.8 Å². The van der Waals surface area contributed by atoms with Gasteiger partial charge < -0.3 is 14.8 Å². The van der Waals surface area contributed by atoms with Gasteiger partial charge in [-0.25, -0.2) is 4.98 Å². The van der Waals surface area contributed by atoms with E-state index >= 15 is 0 Å². The summed E-state index contributed by atoms with van der Waals surface area (Å²) in [5.41, 5.74) is 4.45. The number of aromatic nitrogens is 1. The molecule has 0 aliphatic carbocycles. The summed E-state index contributed by atoms with van der Waals surface area (Å²) in [5, 5.41) is 4.02. The highest BCUT2D eigenvalue weighted by Crippen LogP contribution is 2.42. The summed E-state index contributed by atoms with van der Waals surface area (Å²) in [5.74, 6) is 0.956. The van der Waals surface area contributed by atoms with E-state index in [0.717, 1.165) is 34.7 Å². The lowest BCUT2D eigenvalue weighted by Crippen LogP contribution is -2.38. The van der Waals surface area contributed by atoms with Crippen LogP contribution in [0.1, 0.15) is 17.5 Å². The number of nitrogens with zero attached hydrogens (tertiary/aromatic N) is 1. The number of amides is 1. The van der Waals surface area contributed by atoms with E-state index in [1.807, 2.05) is 18.2 Å². The fourth-order valence-corrected chi connectivity index (χ4v) is 4.93. The van der Waals surface area contributed by atoms with Gasteiger partial charge in [0.05, 0.1) is 34.8 Å². The molecule has 3 heterocycles. The Morgan fingerprint density at radius 2 is 2.21 bits per heavy atom. The minimum absolute atomic E-state index is 0.0238. The van der Waals surface area contributed by atoms with E-state index in [9.17, 15) is 4.79 Å². The largest absolute Gasteiger partial charge is 0.487 e. The van der Waals surface area contributed by atoms with Crippen LogP contribution in [0.5, 0.6) is 5.75 Å². The summed E-state index contributed by atoms with van der Waals surface area (Å²) in [6, 6.07) is 12.5. The maximum absolute atomic E-state index is 12.3. The SMILES string of the molecule is Cc1cc2c(c(-c3nc4ccccc4s3)c1)OC(CNC(=O)C1CCOC1)C2. The second-order valence-corrected chi connectivity index (χ2v) is 8.57. The summed E-state index contributed by atoms with van der Waals surface area (Å²) in [7, 11) is 0. The minimum Gasteiger partial charge on any atom is -0.487 e. The Labute approximate surface area is 167 Å². The molecule has 2 aliphatic rings. The van der Waals surface area contributed by atoms with Crippen molar-refractivity contribution in [2.24, 2.45) is 5.92 Å². The third-order valence-corrected chi connectivity index (χ3v) is 6.44. The van der Waals surface area contributed by atoms with Crippen LogP contribution in [0.25, 0.3) is 20.8 Å². The van der Waals surface area contributed by atoms with Crippen LogP contribution >= 0.6 is 11.3 Å². The van der Waals surface area contributed by atoms with Crippen LogP contribution in [0, 0.1) is 12.8 Å². The van der Waals surface area contributed by atoms with Crippen LogP contribution in [-0.2, 0) is 16.0 Å². The predicted octanol–water partition coefficient (Wildman–Crippen LogP) is 3.73. The molecule has 0 saturated carbocycles. The number of rotatable bonds is 4. The fourth-order valence-electron chi connectivity index (χ4n) is 3.95. The molecule has 28 heavy (non-hydrogen) atoms. The maximum Gasteiger partial charge on any atom is 0.225 e. The number of hydrogen-bond donors (Lipinski definition) is 1. The highest BCUT2D eigenvalue weighted by molar-refractivity contribution is 7.21. The molecule has 1 fully saturated rings. The Balaban J connectivity index is 1.36. The number of carbonyl (C=O) groups is 1. The first-order chi connectivity index (χ1) is 13.7. The molecule has 1 aromatic heterocycles. The highest BCUT2D eigenvalue weighted by Gasteiger charge is 2.29. The van der Waals surface area contributed by atoms with Crippen molar-refractivity contribution in [1.82, 2.24) is 10.3 Å². The summed E-state index contributed by atoms with van der Waals surface area (Å²) in [6.07, 6.45) is 1.56. The number of aryl methyl sites for hydroxylation is 1. The van der Waals surface area contributed by atoms with Gasteiger partial charge in [0.25, 0.3) is 0 Å². The molecule has 5 rings (SSSR count). The molecule has 1 saturated heterocycles. The summed E-state index contributed by atoms with van der Waals surface area (Å²) < 4.78 is 12.8. The molecule has 2 aliphatic heterocycles. The second kappa shape index (κ2) is 7.18. The van der Waals surface area contributed by atoms with Gasteiger partial charge in [0.1, 0.15) is 16.9 Å². The van der Waals surface area contributed by atoms with Crippen LogP contribution < -0.4 is 10.1 Å². The average molecular weight is 394 g/mol. The van der Waals surface area contributed by atoms with E-state index in [0.29, 0.717) is 19.8 Å². The lowest BCUT2D eigenvalue weighted by atomic mass is 10.0. The first-order valence-electron chi connectivity index (χ1n) is 9.69.